The minimum atomic E-state index is -0.682. The Bertz CT molecular complexity index is 160. The molecule has 0 aromatic heterocycles. The molecule has 0 aromatic carbocycles. The number of hydrogen-bond acceptors (Lipinski definition) is 3. The number of rotatable bonds is 0. The average molecular weight is 210 g/mol. The Labute approximate surface area is 85.1 Å². The van der Waals surface area contributed by atoms with Gasteiger partial charge >= 0.3 is 0 Å². The van der Waals surface area contributed by atoms with Gasteiger partial charge in [0.25, 0.3) is 0 Å². The van der Waals surface area contributed by atoms with Crippen molar-refractivity contribution in [2.45, 2.75) is 42.7 Å². The number of nitrogens with zero attached hydrogens (tertiary/aromatic N) is 1. The number of piperidine rings is 1. The summed E-state index contributed by atoms with van der Waals surface area (Å²) in [6.45, 7) is 0. The van der Waals surface area contributed by atoms with Crippen molar-refractivity contribution < 1.29 is 5.11 Å². The van der Waals surface area contributed by atoms with Gasteiger partial charge in [-0.3, -0.25) is 0 Å². The lowest BCUT2D eigenvalue weighted by atomic mass is 10.0. The third kappa shape index (κ3) is 1.74. The lowest BCUT2D eigenvalue weighted by Crippen LogP contribution is -2.46. The van der Waals surface area contributed by atoms with Crippen LogP contribution in [0.25, 0.3) is 0 Å². The van der Waals surface area contributed by atoms with Crippen LogP contribution >= 0.6 is 25.0 Å². The molecule has 2 aliphatic heterocycles. The summed E-state index contributed by atoms with van der Waals surface area (Å²) < 4.78 is 0. The van der Waals surface area contributed by atoms with Gasteiger partial charge < -0.3 is 10.0 Å². The number of halogens is 1. The fraction of sp³-hybridized carbons (Fsp3) is 1.00. The van der Waals surface area contributed by atoms with Crippen molar-refractivity contribution in [1.29, 1.82) is 0 Å². The smallest absolute Gasteiger partial charge is 0.110 e. The Balaban J connectivity index is 0.000000720. The Kier molecular flexibility index (Phi) is 2.99. The van der Waals surface area contributed by atoms with Crippen molar-refractivity contribution in [1.82, 2.24) is 4.90 Å². The first-order chi connectivity index (χ1) is 5.08. The summed E-state index contributed by atoms with van der Waals surface area (Å²) in [5, 5.41) is 9.71. The van der Waals surface area contributed by atoms with Crippen molar-refractivity contribution in [2.24, 2.45) is 0 Å². The van der Waals surface area contributed by atoms with Gasteiger partial charge in [-0.15, -0.1) is 25.0 Å². The van der Waals surface area contributed by atoms with Gasteiger partial charge in [0.1, 0.15) is 4.93 Å². The highest BCUT2D eigenvalue weighted by Gasteiger charge is 2.43. The first kappa shape index (κ1) is 10.6. The van der Waals surface area contributed by atoms with Crippen molar-refractivity contribution in [3.63, 3.8) is 0 Å². The van der Waals surface area contributed by atoms with Crippen molar-refractivity contribution in [2.75, 3.05) is 7.05 Å². The first-order valence-corrected chi connectivity index (χ1v) is 4.70. The summed E-state index contributed by atoms with van der Waals surface area (Å²) in [5.74, 6) is 0. The molecule has 0 radical (unpaired) electrons. The van der Waals surface area contributed by atoms with Gasteiger partial charge in [-0.25, -0.2) is 0 Å². The van der Waals surface area contributed by atoms with Crippen molar-refractivity contribution in [3.05, 3.63) is 0 Å². The molecule has 72 valence electrons. The van der Waals surface area contributed by atoms with E-state index in [4.69, 9.17) is 0 Å². The van der Waals surface area contributed by atoms with Crippen LogP contribution in [0.1, 0.15) is 25.7 Å². The van der Waals surface area contributed by atoms with E-state index in [2.05, 4.69) is 24.6 Å². The van der Waals surface area contributed by atoms with Crippen molar-refractivity contribution >= 4 is 25.0 Å². The van der Waals surface area contributed by atoms with E-state index in [0.717, 1.165) is 12.8 Å². The van der Waals surface area contributed by atoms with Gasteiger partial charge in [-0.1, -0.05) is 0 Å². The van der Waals surface area contributed by atoms with E-state index in [0.29, 0.717) is 12.1 Å². The molecular weight excluding hydrogens is 194 g/mol. The van der Waals surface area contributed by atoms with Crippen LogP contribution in [0.2, 0.25) is 0 Å². The summed E-state index contributed by atoms with van der Waals surface area (Å²) in [6, 6.07) is 1.16. The van der Waals surface area contributed by atoms with E-state index in [9.17, 15) is 5.11 Å². The van der Waals surface area contributed by atoms with Gasteiger partial charge in [0, 0.05) is 24.9 Å². The van der Waals surface area contributed by atoms with Crippen LogP contribution in [0.5, 0.6) is 0 Å². The zero-order chi connectivity index (χ0) is 8.06. The quantitative estimate of drug-likeness (QED) is 0.464. The van der Waals surface area contributed by atoms with Gasteiger partial charge in [-0.2, -0.15) is 0 Å². The second kappa shape index (κ2) is 3.37. The van der Waals surface area contributed by atoms with Crippen LogP contribution < -0.4 is 0 Å². The van der Waals surface area contributed by atoms with Gasteiger partial charge in [0.05, 0.1) is 0 Å². The molecule has 2 nitrogen and oxygen atoms in total. The van der Waals surface area contributed by atoms with Crippen LogP contribution in [0.15, 0.2) is 0 Å². The van der Waals surface area contributed by atoms with Gasteiger partial charge in [-0.05, 0) is 19.9 Å². The summed E-state index contributed by atoms with van der Waals surface area (Å²) in [7, 11) is 2.16. The summed E-state index contributed by atoms with van der Waals surface area (Å²) in [4.78, 5) is 1.71. The molecule has 4 heteroatoms. The minimum Gasteiger partial charge on any atom is -0.380 e. The zero-order valence-corrected chi connectivity index (χ0v) is 8.94. The molecule has 0 amide bonds. The van der Waals surface area contributed by atoms with Crippen LogP contribution in [0.3, 0.4) is 0 Å². The summed E-state index contributed by atoms with van der Waals surface area (Å²) in [5.41, 5.74) is 0. The molecule has 0 aliphatic carbocycles. The largest absolute Gasteiger partial charge is 0.380 e. The second-order valence-electron chi connectivity index (χ2n) is 3.94. The molecule has 2 bridgehead atoms. The topological polar surface area (TPSA) is 23.5 Å². The lowest BCUT2D eigenvalue weighted by molar-refractivity contribution is 0.0264. The molecular formula is C8H16ClNOS. The van der Waals surface area contributed by atoms with Crippen LogP contribution in [-0.4, -0.2) is 34.1 Å². The maximum atomic E-state index is 9.71. The van der Waals surface area contributed by atoms with Crippen molar-refractivity contribution in [3.8, 4) is 0 Å². The van der Waals surface area contributed by atoms with Gasteiger partial charge in [0.2, 0.25) is 0 Å². The van der Waals surface area contributed by atoms with E-state index in [1.54, 1.807) is 0 Å². The molecule has 0 aromatic rings. The second-order valence-corrected chi connectivity index (χ2v) is 4.77. The molecule has 12 heavy (non-hydrogen) atoms. The molecule has 2 unspecified atom stereocenters. The number of aliphatic hydroxyl groups is 1. The minimum absolute atomic E-state index is 0. The highest BCUT2D eigenvalue weighted by Crippen LogP contribution is 2.41. The number of hydrogen-bond donors (Lipinski definition) is 2. The molecule has 2 aliphatic rings. The standard InChI is InChI=1S/C8H15NOS.ClH/c1-9-6-2-3-7(9)5-8(10,11)4-6;/h6-7,10-11H,2-5H2,1H3;1H. The normalized spacial score (nSPS) is 47.2. The maximum absolute atomic E-state index is 9.71. The average Bonchev–Trinajstić information content (AvgIpc) is 2.19. The van der Waals surface area contributed by atoms with E-state index < -0.39 is 4.93 Å². The zero-order valence-electron chi connectivity index (χ0n) is 7.23. The third-order valence-electron chi connectivity index (χ3n) is 3.11. The number of thiol groups is 1. The monoisotopic (exact) mass is 209 g/mol. The SMILES string of the molecule is CN1C2CCC1CC(O)(S)C2.Cl. The Morgan fingerprint density at radius 3 is 2.17 bits per heavy atom. The summed E-state index contributed by atoms with van der Waals surface area (Å²) in [6.07, 6.45) is 4.15. The molecule has 2 saturated heterocycles. The molecule has 0 saturated carbocycles. The predicted octanol–water partition coefficient (Wildman–Crippen LogP) is 1.28. The van der Waals surface area contributed by atoms with Gasteiger partial charge in [0.15, 0.2) is 0 Å². The fourth-order valence-corrected chi connectivity index (χ4v) is 2.84. The molecule has 0 spiro atoms. The third-order valence-corrected chi connectivity index (χ3v) is 3.48. The predicted molar refractivity (Wildman–Crippen MR) is 55.0 cm³/mol. The molecule has 2 rings (SSSR count). The van der Waals surface area contributed by atoms with E-state index in [-0.39, 0.29) is 12.4 Å². The first-order valence-electron chi connectivity index (χ1n) is 4.25. The number of fused-ring (bicyclic) bond motifs is 2. The van der Waals surface area contributed by atoms with Crippen LogP contribution in [0, 0.1) is 0 Å². The molecule has 2 fully saturated rings. The van der Waals surface area contributed by atoms with E-state index in [1.165, 1.54) is 12.8 Å². The van der Waals surface area contributed by atoms with Crippen LogP contribution in [0.4, 0.5) is 0 Å². The maximum Gasteiger partial charge on any atom is 0.110 e. The molecule has 1 N–H and O–H groups in total. The lowest BCUT2D eigenvalue weighted by Gasteiger charge is -2.39. The van der Waals surface area contributed by atoms with E-state index in [1.807, 2.05) is 0 Å². The molecule has 2 atom stereocenters. The summed E-state index contributed by atoms with van der Waals surface area (Å²) >= 11 is 4.25. The Morgan fingerprint density at radius 2 is 1.75 bits per heavy atom. The Morgan fingerprint density at radius 1 is 1.33 bits per heavy atom. The fourth-order valence-electron chi connectivity index (χ4n) is 2.42. The highest BCUT2D eigenvalue weighted by atomic mass is 35.5. The molecule has 2 heterocycles. The van der Waals surface area contributed by atoms with Crippen LogP contribution in [-0.2, 0) is 0 Å². The van der Waals surface area contributed by atoms with E-state index >= 15 is 0 Å². The Hall–Kier alpha value is 0.560. The highest BCUT2D eigenvalue weighted by molar-refractivity contribution is 7.81.